The summed E-state index contributed by atoms with van der Waals surface area (Å²) in [6.07, 6.45) is 7.12. The van der Waals surface area contributed by atoms with Crippen LogP contribution in [0.25, 0.3) is 5.69 Å². The van der Waals surface area contributed by atoms with Gasteiger partial charge in [-0.05, 0) is 50.5 Å². The molecule has 1 atom stereocenters. The second-order valence-corrected chi connectivity index (χ2v) is 6.94. The third kappa shape index (κ3) is 3.75. The van der Waals surface area contributed by atoms with E-state index in [1.165, 1.54) is 18.2 Å². The number of carbonyl (C=O) groups is 1. The van der Waals surface area contributed by atoms with E-state index in [2.05, 4.69) is 11.9 Å². The first kappa shape index (κ1) is 16.9. The molecule has 0 bridgehead atoms. The predicted molar refractivity (Wildman–Crippen MR) is 95.9 cm³/mol. The Bertz CT molecular complexity index is 684. The van der Waals surface area contributed by atoms with Crippen molar-refractivity contribution in [2.75, 3.05) is 19.4 Å². The van der Waals surface area contributed by atoms with Crippen LogP contribution in [0.4, 0.5) is 0 Å². The van der Waals surface area contributed by atoms with Crippen molar-refractivity contribution in [3.8, 4) is 11.4 Å². The van der Waals surface area contributed by atoms with Crippen LogP contribution >= 0.6 is 11.8 Å². The van der Waals surface area contributed by atoms with Gasteiger partial charge in [0, 0.05) is 30.7 Å². The Kier molecular flexibility index (Phi) is 5.45. The number of benzene rings is 1. The van der Waals surface area contributed by atoms with Gasteiger partial charge in [-0.1, -0.05) is 11.8 Å². The molecule has 1 aliphatic heterocycles. The molecular weight excluding hydrogens is 322 g/mol. The van der Waals surface area contributed by atoms with Crippen LogP contribution in [0.5, 0.6) is 5.75 Å². The van der Waals surface area contributed by atoms with Gasteiger partial charge >= 0.3 is 0 Å². The molecule has 1 aromatic heterocycles. The molecular formula is C18H23N3O2S. The van der Waals surface area contributed by atoms with Crippen LogP contribution < -0.4 is 4.74 Å². The zero-order chi connectivity index (χ0) is 16.9. The quantitative estimate of drug-likeness (QED) is 0.780. The standard InChI is InChI=1S/C18H23N3O2S/c1-14-5-3-4-11-20(14)17(22)13-24-18-19-10-12-21(18)15-6-8-16(23-2)9-7-15/h6-10,12,14H,3-5,11,13H2,1-2H3. The molecule has 24 heavy (non-hydrogen) atoms. The van der Waals surface area contributed by atoms with Crippen molar-refractivity contribution in [1.82, 2.24) is 14.5 Å². The molecule has 1 saturated heterocycles. The van der Waals surface area contributed by atoms with Crippen LogP contribution in [0, 0.1) is 0 Å². The minimum atomic E-state index is 0.205. The maximum atomic E-state index is 12.5. The summed E-state index contributed by atoms with van der Waals surface area (Å²) in [6, 6.07) is 8.17. The lowest BCUT2D eigenvalue weighted by molar-refractivity contribution is -0.131. The molecule has 0 N–H and O–H groups in total. The lowest BCUT2D eigenvalue weighted by Gasteiger charge is -2.33. The number of ether oxygens (including phenoxy) is 1. The first-order chi connectivity index (χ1) is 11.7. The van der Waals surface area contributed by atoms with E-state index in [4.69, 9.17) is 4.74 Å². The van der Waals surface area contributed by atoms with E-state index < -0.39 is 0 Å². The van der Waals surface area contributed by atoms with E-state index in [9.17, 15) is 4.79 Å². The van der Waals surface area contributed by atoms with E-state index in [1.54, 1.807) is 13.3 Å². The van der Waals surface area contributed by atoms with Gasteiger partial charge in [-0.25, -0.2) is 4.98 Å². The Morgan fingerprint density at radius 3 is 2.83 bits per heavy atom. The summed E-state index contributed by atoms with van der Waals surface area (Å²) in [5.74, 6) is 1.45. The van der Waals surface area contributed by atoms with Gasteiger partial charge in [-0.15, -0.1) is 0 Å². The Balaban J connectivity index is 1.66. The number of hydrogen-bond donors (Lipinski definition) is 0. The summed E-state index contributed by atoms with van der Waals surface area (Å²) in [5.41, 5.74) is 1.01. The van der Waals surface area contributed by atoms with Crippen LogP contribution in [0.15, 0.2) is 41.8 Å². The topological polar surface area (TPSA) is 47.4 Å². The zero-order valence-electron chi connectivity index (χ0n) is 14.1. The van der Waals surface area contributed by atoms with Gasteiger partial charge < -0.3 is 9.64 Å². The lowest BCUT2D eigenvalue weighted by Crippen LogP contribution is -2.42. The summed E-state index contributed by atoms with van der Waals surface area (Å²) in [6.45, 7) is 3.02. The second-order valence-electron chi connectivity index (χ2n) is 6.00. The minimum Gasteiger partial charge on any atom is -0.497 e. The first-order valence-electron chi connectivity index (χ1n) is 8.29. The zero-order valence-corrected chi connectivity index (χ0v) is 15.0. The van der Waals surface area contributed by atoms with E-state index in [-0.39, 0.29) is 5.91 Å². The first-order valence-corrected chi connectivity index (χ1v) is 9.27. The SMILES string of the molecule is COc1ccc(-n2ccnc2SCC(=O)N2CCCCC2C)cc1. The maximum absolute atomic E-state index is 12.5. The molecule has 1 unspecified atom stereocenters. The average molecular weight is 345 g/mol. The third-order valence-electron chi connectivity index (χ3n) is 4.41. The number of thioether (sulfide) groups is 1. The van der Waals surface area contributed by atoms with Gasteiger partial charge in [0.25, 0.3) is 0 Å². The Labute approximate surface area is 147 Å². The van der Waals surface area contributed by atoms with Crippen LogP contribution in [-0.2, 0) is 4.79 Å². The van der Waals surface area contributed by atoms with Crippen molar-refractivity contribution < 1.29 is 9.53 Å². The molecule has 1 fully saturated rings. The number of amides is 1. The maximum Gasteiger partial charge on any atom is 0.233 e. The molecule has 0 radical (unpaired) electrons. The molecule has 1 aromatic carbocycles. The fourth-order valence-corrected chi connectivity index (χ4v) is 3.87. The number of piperidine rings is 1. The molecule has 128 valence electrons. The molecule has 5 nitrogen and oxygen atoms in total. The molecule has 0 spiro atoms. The van der Waals surface area contributed by atoms with Crippen molar-refractivity contribution in [3.63, 3.8) is 0 Å². The number of likely N-dealkylation sites (tertiary alicyclic amines) is 1. The Morgan fingerprint density at radius 2 is 2.12 bits per heavy atom. The van der Waals surface area contributed by atoms with Crippen molar-refractivity contribution >= 4 is 17.7 Å². The van der Waals surface area contributed by atoms with Crippen LogP contribution in [0.3, 0.4) is 0 Å². The fourth-order valence-electron chi connectivity index (χ4n) is 3.01. The third-order valence-corrected chi connectivity index (χ3v) is 5.36. The molecule has 2 heterocycles. The molecule has 0 aliphatic carbocycles. The smallest absolute Gasteiger partial charge is 0.233 e. The number of nitrogens with zero attached hydrogens (tertiary/aromatic N) is 3. The average Bonchev–Trinajstić information content (AvgIpc) is 3.08. The normalized spacial score (nSPS) is 17.8. The van der Waals surface area contributed by atoms with Gasteiger partial charge in [0.15, 0.2) is 5.16 Å². The summed E-state index contributed by atoms with van der Waals surface area (Å²) in [4.78, 5) is 18.9. The van der Waals surface area contributed by atoms with Crippen molar-refractivity contribution in [3.05, 3.63) is 36.7 Å². The highest BCUT2D eigenvalue weighted by Gasteiger charge is 2.23. The number of carbonyl (C=O) groups excluding carboxylic acids is 1. The summed E-state index contributed by atoms with van der Waals surface area (Å²) in [7, 11) is 1.65. The van der Waals surface area contributed by atoms with Crippen molar-refractivity contribution in [1.29, 1.82) is 0 Å². The van der Waals surface area contributed by atoms with Crippen LogP contribution in [-0.4, -0.2) is 45.8 Å². The second kappa shape index (κ2) is 7.75. The highest BCUT2D eigenvalue weighted by molar-refractivity contribution is 7.99. The largest absolute Gasteiger partial charge is 0.497 e. The van der Waals surface area contributed by atoms with E-state index in [1.807, 2.05) is 39.9 Å². The predicted octanol–water partition coefficient (Wildman–Crippen LogP) is 3.37. The lowest BCUT2D eigenvalue weighted by atomic mass is 10.0. The number of methoxy groups -OCH3 is 1. The summed E-state index contributed by atoms with van der Waals surface area (Å²) < 4.78 is 7.19. The van der Waals surface area contributed by atoms with Crippen LogP contribution in [0.1, 0.15) is 26.2 Å². The monoisotopic (exact) mass is 345 g/mol. The molecule has 2 aromatic rings. The number of hydrogen-bond acceptors (Lipinski definition) is 4. The molecule has 1 amide bonds. The van der Waals surface area contributed by atoms with Gasteiger partial charge in [0.2, 0.25) is 5.91 Å². The van der Waals surface area contributed by atoms with Crippen molar-refractivity contribution in [2.45, 2.75) is 37.4 Å². The highest BCUT2D eigenvalue weighted by Crippen LogP contribution is 2.24. The van der Waals surface area contributed by atoms with Gasteiger partial charge in [0.1, 0.15) is 5.75 Å². The van der Waals surface area contributed by atoms with E-state index in [0.29, 0.717) is 11.8 Å². The fraction of sp³-hybridized carbons (Fsp3) is 0.444. The van der Waals surface area contributed by atoms with E-state index >= 15 is 0 Å². The Hall–Kier alpha value is -1.95. The molecule has 0 saturated carbocycles. The van der Waals surface area contributed by atoms with Gasteiger partial charge in [-0.3, -0.25) is 9.36 Å². The van der Waals surface area contributed by atoms with Gasteiger partial charge in [0.05, 0.1) is 12.9 Å². The molecule has 1 aliphatic rings. The molecule has 6 heteroatoms. The number of imidazole rings is 1. The highest BCUT2D eigenvalue weighted by atomic mass is 32.2. The minimum absolute atomic E-state index is 0.205. The molecule has 3 rings (SSSR count). The summed E-state index contributed by atoms with van der Waals surface area (Å²) in [5, 5.41) is 0.832. The Morgan fingerprint density at radius 1 is 1.33 bits per heavy atom. The summed E-state index contributed by atoms with van der Waals surface area (Å²) >= 11 is 1.49. The number of aromatic nitrogens is 2. The van der Waals surface area contributed by atoms with Crippen LogP contribution in [0.2, 0.25) is 0 Å². The van der Waals surface area contributed by atoms with E-state index in [0.717, 1.165) is 36.0 Å². The van der Waals surface area contributed by atoms with Gasteiger partial charge in [-0.2, -0.15) is 0 Å². The number of rotatable bonds is 5. The van der Waals surface area contributed by atoms with Crippen molar-refractivity contribution in [2.24, 2.45) is 0 Å².